The second kappa shape index (κ2) is 7.33. The van der Waals surface area contributed by atoms with Gasteiger partial charge >= 0.3 is 12.1 Å². The molecule has 0 saturated heterocycles. The van der Waals surface area contributed by atoms with E-state index in [1.54, 1.807) is 6.92 Å². The van der Waals surface area contributed by atoms with E-state index in [9.17, 15) is 22.8 Å². The number of carboxylic acid groups (broad SMARTS) is 1. The molecule has 0 radical (unpaired) electrons. The van der Waals surface area contributed by atoms with E-state index in [-0.39, 0.29) is 23.4 Å². The SMILES string of the molecule is Cc1cc(CCC(F)(F)F)nc(C(=O)Nc2ccc(C(=O)O)cc2)c1. The maximum Gasteiger partial charge on any atom is 0.389 e. The number of carbonyl (C=O) groups is 2. The Morgan fingerprint density at radius 2 is 1.80 bits per heavy atom. The molecule has 0 aliphatic rings. The molecule has 8 heteroatoms. The van der Waals surface area contributed by atoms with Crippen molar-refractivity contribution in [3.8, 4) is 0 Å². The van der Waals surface area contributed by atoms with Crippen LogP contribution in [-0.4, -0.2) is 28.1 Å². The van der Waals surface area contributed by atoms with Crippen LogP contribution in [0.5, 0.6) is 0 Å². The third-order valence-electron chi connectivity index (χ3n) is 3.31. The van der Waals surface area contributed by atoms with Gasteiger partial charge in [0.2, 0.25) is 0 Å². The first-order valence-corrected chi connectivity index (χ1v) is 7.33. The predicted octanol–water partition coefficient (Wildman–Crippen LogP) is 3.84. The molecule has 1 heterocycles. The zero-order valence-corrected chi connectivity index (χ0v) is 13.2. The second-order valence-electron chi connectivity index (χ2n) is 5.47. The fraction of sp³-hybridized carbons (Fsp3) is 0.235. The number of nitrogens with one attached hydrogen (secondary N) is 1. The fourth-order valence-electron chi connectivity index (χ4n) is 2.14. The van der Waals surface area contributed by atoms with Crippen LogP contribution < -0.4 is 5.32 Å². The summed E-state index contributed by atoms with van der Waals surface area (Å²) in [5, 5.41) is 11.4. The largest absolute Gasteiger partial charge is 0.478 e. The van der Waals surface area contributed by atoms with Crippen LogP contribution in [0.1, 0.15) is 38.5 Å². The average molecular weight is 352 g/mol. The highest BCUT2D eigenvalue weighted by atomic mass is 19.4. The lowest BCUT2D eigenvalue weighted by molar-refractivity contribution is -0.134. The minimum absolute atomic E-state index is 0.000476. The molecule has 1 amide bonds. The molecule has 5 nitrogen and oxygen atoms in total. The van der Waals surface area contributed by atoms with Crippen LogP contribution in [0, 0.1) is 6.92 Å². The molecule has 2 aromatic rings. The molecule has 1 aromatic heterocycles. The van der Waals surface area contributed by atoms with Gasteiger partial charge in [0.05, 0.1) is 5.56 Å². The number of hydrogen-bond acceptors (Lipinski definition) is 3. The van der Waals surface area contributed by atoms with E-state index in [0.29, 0.717) is 11.3 Å². The molecule has 0 atom stereocenters. The monoisotopic (exact) mass is 352 g/mol. The van der Waals surface area contributed by atoms with E-state index >= 15 is 0 Å². The second-order valence-corrected chi connectivity index (χ2v) is 5.47. The number of carboxylic acids is 1. The van der Waals surface area contributed by atoms with Crippen molar-refractivity contribution in [1.29, 1.82) is 0 Å². The number of aromatic carboxylic acids is 1. The lowest BCUT2D eigenvalue weighted by atomic mass is 10.1. The number of hydrogen-bond donors (Lipinski definition) is 2. The minimum atomic E-state index is -4.29. The van der Waals surface area contributed by atoms with Crippen LogP contribution in [0.3, 0.4) is 0 Å². The van der Waals surface area contributed by atoms with Gasteiger partial charge in [-0.05, 0) is 55.3 Å². The van der Waals surface area contributed by atoms with Crippen molar-refractivity contribution in [2.45, 2.75) is 25.9 Å². The first-order valence-electron chi connectivity index (χ1n) is 7.33. The van der Waals surface area contributed by atoms with Gasteiger partial charge in [-0.2, -0.15) is 13.2 Å². The maximum absolute atomic E-state index is 12.3. The maximum atomic E-state index is 12.3. The molecule has 0 aliphatic carbocycles. The van der Waals surface area contributed by atoms with Crippen molar-refractivity contribution < 1.29 is 27.9 Å². The Kier molecular flexibility index (Phi) is 5.41. The lowest BCUT2D eigenvalue weighted by Gasteiger charge is -2.09. The summed E-state index contributed by atoms with van der Waals surface area (Å²) in [7, 11) is 0. The van der Waals surface area contributed by atoms with Crippen LogP contribution in [-0.2, 0) is 6.42 Å². The Labute approximate surface area is 141 Å². The molecule has 0 unspecified atom stereocenters. The molecule has 1 aromatic carbocycles. The van der Waals surface area contributed by atoms with Crippen molar-refractivity contribution in [3.63, 3.8) is 0 Å². The fourth-order valence-corrected chi connectivity index (χ4v) is 2.14. The zero-order chi connectivity index (χ0) is 18.6. The predicted molar refractivity (Wildman–Crippen MR) is 84.7 cm³/mol. The molecule has 0 aliphatic heterocycles. The number of pyridine rings is 1. The van der Waals surface area contributed by atoms with E-state index in [1.165, 1.54) is 36.4 Å². The standard InChI is InChI=1S/C17H15F3N2O3/c1-10-8-13(6-7-17(18,19)20)21-14(9-10)15(23)22-12-4-2-11(3-5-12)16(24)25/h2-5,8-9H,6-7H2,1H3,(H,22,23)(H,24,25). The van der Waals surface area contributed by atoms with E-state index in [2.05, 4.69) is 10.3 Å². The van der Waals surface area contributed by atoms with E-state index in [4.69, 9.17) is 5.11 Å². The smallest absolute Gasteiger partial charge is 0.389 e. The molecular weight excluding hydrogens is 337 g/mol. The zero-order valence-electron chi connectivity index (χ0n) is 13.2. The molecule has 0 saturated carbocycles. The van der Waals surface area contributed by atoms with Gasteiger partial charge in [0, 0.05) is 17.8 Å². The number of halogens is 3. The van der Waals surface area contributed by atoms with Crippen molar-refractivity contribution >= 4 is 17.6 Å². The summed E-state index contributed by atoms with van der Waals surface area (Å²) in [6, 6.07) is 8.47. The number of rotatable bonds is 5. The number of amides is 1. The number of nitrogens with zero attached hydrogens (tertiary/aromatic N) is 1. The summed E-state index contributed by atoms with van der Waals surface area (Å²) in [4.78, 5) is 27.0. The Balaban J connectivity index is 2.13. The molecular formula is C17H15F3N2O3. The van der Waals surface area contributed by atoms with Crippen LogP contribution in [0.4, 0.5) is 18.9 Å². The van der Waals surface area contributed by atoms with Gasteiger partial charge in [-0.3, -0.25) is 4.79 Å². The number of aryl methyl sites for hydroxylation is 2. The molecule has 2 N–H and O–H groups in total. The number of benzene rings is 1. The van der Waals surface area contributed by atoms with Crippen molar-refractivity contribution in [1.82, 2.24) is 4.98 Å². The number of aromatic nitrogens is 1. The van der Waals surface area contributed by atoms with Crippen molar-refractivity contribution in [2.75, 3.05) is 5.32 Å². The molecule has 132 valence electrons. The average Bonchev–Trinajstić information content (AvgIpc) is 2.52. The summed E-state index contributed by atoms with van der Waals surface area (Å²) >= 11 is 0. The highest BCUT2D eigenvalue weighted by Gasteiger charge is 2.27. The van der Waals surface area contributed by atoms with Gasteiger partial charge in [0.15, 0.2) is 0 Å². The summed E-state index contributed by atoms with van der Waals surface area (Å²) in [5.74, 6) is -1.67. The quantitative estimate of drug-likeness (QED) is 0.857. The first kappa shape index (κ1) is 18.4. The van der Waals surface area contributed by atoms with Gasteiger partial charge < -0.3 is 10.4 Å². The summed E-state index contributed by atoms with van der Waals surface area (Å²) < 4.78 is 37.0. The summed E-state index contributed by atoms with van der Waals surface area (Å²) in [5.41, 5.74) is 1.23. The van der Waals surface area contributed by atoms with Gasteiger partial charge in [-0.15, -0.1) is 0 Å². The normalized spacial score (nSPS) is 11.2. The van der Waals surface area contributed by atoms with Gasteiger partial charge in [-0.1, -0.05) is 0 Å². The number of alkyl halides is 3. The minimum Gasteiger partial charge on any atom is -0.478 e. The van der Waals surface area contributed by atoms with Crippen LogP contribution in [0.15, 0.2) is 36.4 Å². The van der Waals surface area contributed by atoms with Gasteiger partial charge in [0.25, 0.3) is 5.91 Å². The molecule has 0 fully saturated rings. The highest BCUT2D eigenvalue weighted by Crippen LogP contribution is 2.22. The number of carbonyl (C=O) groups excluding carboxylic acids is 1. The van der Waals surface area contributed by atoms with Crippen LogP contribution >= 0.6 is 0 Å². The van der Waals surface area contributed by atoms with E-state index in [0.717, 1.165) is 0 Å². The third kappa shape index (κ3) is 5.59. The molecule has 0 spiro atoms. The van der Waals surface area contributed by atoms with Crippen molar-refractivity contribution in [2.24, 2.45) is 0 Å². The van der Waals surface area contributed by atoms with E-state index < -0.39 is 24.5 Å². The summed E-state index contributed by atoms with van der Waals surface area (Å²) in [6.45, 7) is 1.66. The number of anilines is 1. The lowest BCUT2D eigenvalue weighted by Crippen LogP contribution is -2.16. The van der Waals surface area contributed by atoms with Crippen LogP contribution in [0.25, 0.3) is 0 Å². The van der Waals surface area contributed by atoms with Gasteiger partial charge in [-0.25, -0.2) is 9.78 Å². The molecule has 2 rings (SSSR count). The first-order chi connectivity index (χ1) is 11.6. The van der Waals surface area contributed by atoms with E-state index in [1.807, 2.05) is 0 Å². The topological polar surface area (TPSA) is 79.3 Å². The molecule has 0 bridgehead atoms. The Morgan fingerprint density at radius 3 is 2.36 bits per heavy atom. The Hall–Kier alpha value is -2.90. The third-order valence-corrected chi connectivity index (χ3v) is 3.31. The Bertz CT molecular complexity index is 787. The summed E-state index contributed by atoms with van der Waals surface area (Å²) in [6.07, 6.45) is -5.61. The molecule has 25 heavy (non-hydrogen) atoms. The van der Waals surface area contributed by atoms with Gasteiger partial charge in [0.1, 0.15) is 5.69 Å². The van der Waals surface area contributed by atoms with Crippen LogP contribution in [0.2, 0.25) is 0 Å². The van der Waals surface area contributed by atoms with Crippen molar-refractivity contribution in [3.05, 3.63) is 58.9 Å². The highest BCUT2D eigenvalue weighted by molar-refractivity contribution is 6.03. The Morgan fingerprint density at radius 1 is 1.16 bits per heavy atom.